The Kier molecular flexibility index (Phi) is 3.40. The largest absolute Gasteiger partial charge is 0.332 e. The Bertz CT molecular complexity index is 900. The van der Waals surface area contributed by atoms with Gasteiger partial charge in [0.25, 0.3) is 0 Å². The third-order valence-corrected chi connectivity index (χ3v) is 4.84. The number of hydrogen-bond acceptors (Lipinski definition) is 5. The van der Waals surface area contributed by atoms with E-state index in [0.29, 0.717) is 0 Å². The molecule has 108 valence electrons. The number of sulfonamides is 1. The van der Waals surface area contributed by atoms with Crippen molar-refractivity contribution >= 4 is 42.4 Å². The van der Waals surface area contributed by atoms with Gasteiger partial charge in [-0.05, 0) is 48.9 Å². The molecule has 0 saturated carbocycles. The minimum absolute atomic E-state index is 0.0907. The van der Waals surface area contributed by atoms with Crippen LogP contribution in [0.3, 0.4) is 0 Å². The van der Waals surface area contributed by atoms with E-state index in [-0.39, 0.29) is 4.90 Å². The first-order chi connectivity index (χ1) is 9.91. The maximum atomic E-state index is 11.2. The lowest BCUT2D eigenvalue weighted by molar-refractivity contribution is 0.598. The molecular weight excluding hydrogens is 306 g/mol. The lowest BCUT2D eigenvalue weighted by Gasteiger charge is -2.03. The molecular formula is C14H13N3O2S2. The molecule has 7 heteroatoms. The molecule has 0 atom stereocenters. The number of anilines is 2. The second-order valence-corrected chi connectivity index (χ2v) is 7.28. The normalized spacial score (nSPS) is 11.7. The van der Waals surface area contributed by atoms with E-state index in [2.05, 4.69) is 16.4 Å². The topological polar surface area (TPSA) is 85.1 Å². The maximum Gasteiger partial charge on any atom is 0.238 e. The van der Waals surface area contributed by atoms with E-state index < -0.39 is 10.0 Å². The van der Waals surface area contributed by atoms with Gasteiger partial charge in [-0.1, -0.05) is 17.4 Å². The molecule has 3 rings (SSSR count). The summed E-state index contributed by atoms with van der Waals surface area (Å²) in [7, 11) is -3.66. The van der Waals surface area contributed by atoms with Gasteiger partial charge in [0.05, 0.1) is 15.1 Å². The summed E-state index contributed by atoms with van der Waals surface area (Å²) in [5.41, 5.74) is 2.89. The number of nitrogens with zero attached hydrogens (tertiary/aromatic N) is 1. The van der Waals surface area contributed by atoms with E-state index in [1.807, 2.05) is 19.1 Å². The van der Waals surface area contributed by atoms with Gasteiger partial charge in [-0.2, -0.15) is 0 Å². The fraction of sp³-hybridized carbons (Fsp3) is 0.0714. The first kappa shape index (κ1) is 14.0. The van der Waals surface area contributed by atoms with Crippen molar-refractivity contribution in [3.8, 4) is 0 Å². The third-order valence-electron chi connectivity index (χ3n) is 2.98. The minimum atomic E-state index is -3.66. The number of nitrogens with one attached hydrogen (secondary N) is 1. The molecule has 0 aliphatic carbocycles. The van der Waals surface area contributed by atoms with Gasteiger partial charge in [-0.15, -0.1) is 0 Å². The number of aryl methyl sites for hydroxylation is 1. The van der Waals surface area contributed by atoms with Gasteiger partial charge in [-0.25, -0.2) is 18.5 Å². The smallest absolute Gasteiger partial charge is 0.238 e. The number of benzene rings is 2. The quantitative estimate of drug-likeness (QED) is 0.777. The van der Waals surface area contributed by atoms with Crippen LogP contribution in [0.25, 0.3) is 10.2 Å². The molecule has 3 aromatic rings. The number of nitrogens with two attached hydrogens (primary N) is 1. The summed E-state index contributed by atoms with van der Waals surface area (Å²) >= 11 is 1.55. The number of thiazole rings is 1. The standard InChI is InChI=1S/C14H13N3O2S2/c1-9-2-7-12-13(8-9)20-14(17-12)16-10-3-5-11(6-4-10)21(15,18)19/h2-8H,1H3,(H,16,17)(H2,15,18,19). The van der Waals surface area contributed by atoms with Crippen molar-refractivity contribution < 1.29 is 8.42 Å². The summed E-state index contributed by atoms with van der Waals surface area (Å²) in [5.74, 6) is 0. The molecule has 0 spiro atoms. The van der Waals surface area contributed by atoms with E-state index in [0.717, 1.165) is 21.0 Å². The van der Waals surface area contributed by atoms with Gasteiger partial charge >= 0.3 is 0 Å². The number of rotatable bonds is 3. The molecule has 0 unspecified atom stereocenters. The molecule has 0 aliphatic rings. The monoisotopic (exact) mass is 319 g/mol. The zero-order valence-electron chi connectivity index (χ0n) is 11.2. The minimum Gasteiger partial charge on any atom is -0.332 e. The Morgan fingerprint density at radius 2 is 1.86 bits per heavy atom. The van der Waals surface area contributed by atoms with Crippen LogP contribution in [0.1, 0.15) is 5.56 Å². The Labute approximate surface area is 126 Å². The molecule has 3 N–H and O–H groups in total. The molecule has 0 saturated heterocycles. The van der Waals surface area contributed by atoms with Crippen molar-refractivity contribution in [2.24, 2.45) is 5.14 Å². The van der Waals surface area contributed by atoms with Crippen LogP contribution in [-0.2, 0) is 10.0 Å². The van der Waals surface area contributed by atoms with Gasteiger partial charge in [0.15, 0.2) is 5.13 Å². The van der Waals surface area contributed by atoms with Gasteiger partial charge in [0.1, 0.15) is 0 Å². The van der Waals surface area contributed by atoms with Gasteiger partial charge in [0.2, 0.25) is 10.0 Å². The highest BCUT2D eigenvalue weighted by atomic mass is 32.2. The highest BCUT2D eigenvalue weighted by molar-refractivity contribution is 7.89. The molecule has 0 radical (unpaired) electrons. The third kappa shape index (κ3) is 3.05. The fourth-order valence-electron chi connectivity index (χ4n) is 1.94. The second-order valence-electron chi connectivity index (χ2n) is 4.68. The molecule has 0 fully saturated rings. The zero-order chi connectivity index (χ0) is 15.0. The summed E-state index contributed by atoms with van der Waals surface area (Å²) in [5, 5.41) is 8.99. The Morgan fingerprint density at radius 3 is 2.52 bits per heavy atom. The lowest BCUT2D eigenvalue weighted by Crippen LogP contribution is -2.11. The Morgan fingerprint density at radius 1 is 1.14 bits per heavy atom. The molecule has 1 aromatic heterocycles. The van der Waals surface area contributed by atoms with Gasteiger partial charge < -0.3 is 5.32 Å². The average Bonchev–Trinajstić information content (AvgIpc) is 2.79. The van der Waals surface area contributed by atoms with E-state index in [4.69, 9.17) is 5.14 Å². The molecule has 0 amide bonds. The predicted octanol–water partition coefficient (Wildman–Crippen LogP) is 3.00. The molecule has 2 aromatic carbocycles. The Hall–Kier alpha value is -1.96. The van der Waals surface area contributed by atoms with Crippen molar-refractivity contribution in [2.75, 3.05) is 5.32 Å². The van der Waals surface area contributed by atoms with Crippen molar-refractivity contribution in [3.05, 3.63) is 48.0 Å². The first-order valence-corrected chi connectivity index (χ1v) is 8.55. The van der Waals surface area contributed by atoms with Crippen LogP contribution in [0.2, 0.25) is 0 Å². The highest BCUT2D eigenvalue weighted by Gasteiger charge is 2.08. The van der Waals surface area contributed by atoms with Crippen LogP contribution in [0.4, 0.5) is 10.8 Å². The lowest BCUT2D eigenvalue weighted by atomic mass is 10.2. The first-order valence-electron chi connectivity index (χ1n) is 6.19. The van der Waals surface area contributed by atoms with E-state index in [9.17, 15) is 8.42 Å². The van der Waals surface area contributed by atoms with Crippen LogP contribution in [0, 0.1) is 6.92 Å². The number of hydrogen-bond donors (Lipinski definition) is 2. The van der Waals surface area contributed by atoms with Crippen molar-refractivity contribution in [2.45, 2.75) is 11.8 Å². The van der Waals surface area contributed by atoms with Crippen molar-refractivity contribution in [1.82, 2.24) is 4.98 Å². The predicted molar refractivity (Wildman–Crippen MR) is 85.5 cm³/mol. The number of fused-ring (bicyclic) bond motifs is 1. The molecule has 21 heavy (non-hydrogen) atoms. The number of aromatic nitrogens is 1. The molecule has 5 nitrogen and oxygen atoms in total. The van der Waals surface area contributed by atoms with Crippen molar-refractivity contribution in [3.63, 3.8) is 0 Å². The zero-order valence-corrected chi connectivity index (χ0v) is 12.8. The molecule has 0 bridgehead atoms. The van der Waals surface area contributed by atoms with E-state index >= 15 is 0 Å². The van der Waals surface area contributed by atoms with Crippen LogP contribution < -0.4 is 10.5 Å². The Balaban J connectivity index is 1.88. The van der Waals surface area contributed by atoms with E-state index in [1.54, 1.807) is 23.5 Å². The van der Waals surface area contributed by atoms with Crippen LogP contribution >= 0.6 is 11.3 Å². The summed E-state index contributed by atoms with van der Waals surface area (Å²) < 4.78 is 23.5. The summed E-state index contributed by atoms with van der Waals surface area (Å²) in [6.07, 6.45) is 0. The van der Waals surface area contributed by atoms with Gasteiger partial charge in [-0.3, -0.25) is 0 Å². The van der Waals surface area contributed by atoms with Crippen LogP contribution in [0.15, 0.2) is 47.4 Å². The van der Waals surface area contributed by atoms with Gasteiger partial charge in [0, 0.05) is 5.69 Å². The van der Waals surface area contributed by atoms with Crippen LogP contribution in [0.5, 0.6) is 0 Å². The molecule has 0 aliphatic heterocycles. The second kappa shape index (κ2) is 5.10. The van der Waals surface area contributed by atoms with Crippen LogP contribution in [-0.4, -0.2) is 13.4 Å². The highest BCUT2D eigenvalue weighted by Crippen LogP contribution is 2.29. The molecule has 1 heterocycles. The summed E-state index contributed by atoms with van der Waals surface area (Å²) in [6.45, 7) is 2.04. The summed E-state index contributed by atoms with van der Waals surface area (Å²) in [6, 6.07) is 12.4. The number of primary sulfonamides is 1. The SMILES string of the molecule is Cc1ccc2nc(Nc3ccc(S(N)(=O)=O)cc3)sc2c1. The van der Waals surface area contributed by atoms with E-state index in [1.165, 1.54) is 17.7 Å². The van der Waals surface area contributed by atoms with Crippen molar-refractivity contribution in [1.29, 1.82) is 0 Å². The average molecular weight is 319 g/mol. The maximum absolute atomic E-state index is 11.2. The summed E-state index contributed by atoms with van der Waals surface area (Å²) in [4.78, 5) is 4.58. The fourth-order valence-corrected chi connectivity index (χ4v) is 3.44.